The molecule has 0 aliphatic rings. The first-order valence-corrected chi connectivity index (χ1v) is 5.27. The van der Waals surface area contributed by atoms with Crippen molar-refractivity contribution in [2.24, 2.45) is 0 Å². The van der Waals surface area contributed by atoms with Crippen LogP contribution in [0.2, 0.25) is 0 Å². The van der Waals surface area contributed by atoms with Gasteiger partial charge in [-0.05, 0) is 16.8 Å². The summed E-state index contributed by atoms with van der Waals surface area (Å²) in [6.45, 7) is 0.0881. The minimum Gasteiger partial charge on any atom is -0.396 e. The second kappa shape index (κ2) is 3.61. The molecule has 0 saturated heterocycles. The van der Waals surface area contributed by atoms with Gasteiger partial charge in [0.1, 0.15) is 0 Å². The molecule has 16 heavy (non-hydrogen) atoms. The molecule has 0 fully saturated rings. The number of aliphatic hydroxyl groups excluding tert-OH is 1. The Labute approximate surface area is 92.3 Å². The number of aliphatic hydroxyl groups is 1. The number of rotatable bonds is 2. The maximum absolute atomic E-state index is 8.99. The highest BCUT2D eigenvalue weighted by Gasteiger charge is 2.10. The molecule has 0 saturated carbocycles. The maximum Gasteiger partial charge on any atom is 0.167 e. The third kappa shape index (κ3) is 1.29. The highest BCUT2D eigenvalue weighted by atomic mass is 16.5. The molecule has 0 radical (unpaired) electrons. The number of benzene rings is 2. The predicted molar refractivity (Wildman–Crippen MR) is 62.3 cm³/mol. The molecule has 0 spiro atoms. The summed E-state index contributed by atoms with van der Waals surface area (Å²) < 4.78 is 5.25. The van der Waals surface area contributed by atoms with Gasteiger partial charge in [0, 0.05) is 13.0 Å². The molecule has 0 aliphatic carbocycles. The molecule has 3 rings (SSSR count). The Hall–Kier alpha value is -1.87. The zero-order valence-electron chi connectivity index (χ0n) is 8.68. The van der Waals surface area contributed by atoms with Crippen LogP contribution in [0.1, 0.15) is 5.69 Å². The molecule has 3 heteroatoms. The Bertz CT molecular complexity index is 643. The van der Waals surface area contributed by atoms with Crippen LogP contribution in [0, 0.1) is 0 Å². The van der Waals surface area contributed by atoms with E-state index in [1.807, 2.05) is 24.3 Å². The Morgan fingerprint density at radius 1 is 1.12 bits per heavy atom. The minimum absolute atomic E-state index is 0.0881. The van der Waals surface area contributed by atoms with Gasteiger partial charge < -0.3 is 9.63 Å². The lowest BCUT2D eigenvalue weighted by atomic mass is 10.0. The van der Waals surface area contributed by atoms with Gasteiger partial charge in [0.2, 0.25) is 0 Å². The van der Waals surface area contributed by atoms with Gasteiger partial charge in [0.05, 0.1) is 11.1 Å². The molecule has 0 bridgehead atoms. The van der Waals surface area contributed by atoms with Crippen molar-refractivity contribution in [3.63, 3.8) is 0 Å². The Morgan fingerprint density at radius 2 is 2.00 bits per heavy atom. The molecule has 3 nitrogen and oxygen atoms in total. The van der Waals surface area contributed by atoms with E-state index < -0.39 is 0 Å². The van der Waals surface area contributed by atoms with Gasteiger partial charge in [-0.3, -0.25) is 0 Å². The lowest BCUT2D eigenvalue weighted by Crippen LogP contribution is -1.91. The van der Waals surface area contributed by atoms with Crippen molar-refractivity contribution in [2.75, 3.05) is 6.61 Å². The number of nitrogens with zero attached hydrogens (tertiary/aromatic N) is 1. The molecule has 0 atom stereocenters. The van der Waals surface area contributed by atoms with Crippen LogP contribution in [-0.4, -0.2) is 16.9 Å². The second-order valence-electron chi connectivity index (χ2n) is 3.76. The highest BCUT2D eigenvalue weighted by Crippen LogP contribution is 2.28. The summed E-state index contributed by atoms with van der Waals surface area (Å²) in [5.74, 6) is 0. The van der Waals surface area contributed by atoms with E-state index in [9.17, 15) is 0 Å². The van der Waals surface area contributed by atoms with E-state index in [0.29, 0.717) is 6.42 Å². The largest absolute Gasteiger partial charge is 0.396 e. The average molecular weight is 213 g/mol. The van der Waals surface area contributed by atoms with E-state index in [-0.39, 0.29) is 6.61 Å². The van der Waals surface area contributed by atoms with Gasteiger partial charge in [-0.1, -0.05) is 35.5 Å². The standard InChI is InChI=1S/C13H11NO2/c15-8-7-11-13-10-4-2-1-3-9(10)5-6-12(13)16-14-11/h1-6,15H,7-8H2. The minimum atomic E-state index is 0.0881. The van der Waals surface area contributed by atoms with Gasteiger partial charge in [0.15, 0.2) is 5.58 Å². The molecule has 3 aromatic rings. The van der Waals surface area contributed by atoms with Crippen LogP contribution in [0.3, 0.4) is 0 Å². The SMILES string of the molecule is OCCc1noc2ccc3ccccc3c12. The molecule has 0 unspecified atom stereocenters. The van der Waals surface area contributed by atoms with Crippen molar-refractivity contribution < 1.29 is 9.63 Å². The summed E-state index contributed by atoms with van der Waals surface area (Å²) in [7, 11) is 0. The molecular formula is C13H11NO2. The Kier molecular flexibility index (Phi) is 2.11. The van der Waals surface area contributed by atoms with Crippen molar-refractivity contribution in [3.05, 3.63) is 42.1 Å². The smallest absolute Gasteiger partial charge is 0.167 e. The van der Waals surface area contributed by atoms with Crippen molar-refractivity contribution in [2.45, 2.75) is 6.42 Å². The fraction of sp³-hybridized carbons (Fsp3) is 0.154. The zero-order chi connectivity index (χ0) is 11.0. The van der Waals surface area contributed by atoms with E-state index in [1.54, 1.807) is 0 Å². The first-order chi connectivity index (χ1) is 7.90. The van der Waals surface area contributed by atoms with Crippen LogP contribution in [-0.2, 0) is 6.42 Å². The van der Waals surface area contributed by atoms with Crippen molar-refractivity contribution in [1.82, 2.24) is 5.16 Å². The van der Waals surface area contributed by atoms with Crippen molar-refractivity contribution >= 4 is 21.7 Å². The summed E-state index contributed by atoms with van der Waals surface area (Å²) in [4.78, 5) is 0. The van der Waals surface area contributed by atoms with Crippen molar-refractivity contribution in [3.8, 4) is 0 Å². The van der Waals surface area contributed by atoms with E-state index >= 15 is 0 Å². The van der Waals surface area contributed by atoms with Crippen LogP contribution in [0.15, 0.2) is 40.9 Å². The van der Waals surface area contributed by atoms with Gasteiger partial charge in [0.25, 0.3) is 0 Å². The number of fused-ring (bicyclic) bond motifs is 3. The molecule has 2 aromatic carbocycles. The molecule has 0 amide bonds. The second-order valence-corrected chi connectivity index (χ2v) is 3.76. The third-order valence-electron chi connectivity index (χ3n) is 2.78. The van der Waals surface area contributed by atoms with E-state index in [0.717, 1.165) is 27.4 Å². The van der Waals surface area contributed by atoms with E-state index in [1.165, 1.54) is 0 Å². The topological polar surface area (TPSA) is 46.3 Å². The van der Waals surface area contributed by atoms with Crippen molar-refractivity contribution in [1.29, 1.82) is 0 Å². The van der Waals surface area contributed by atoms with Gasteiger partial charge >= 0.3 is 0 Å². The first kappa shape index (κ1) is 9.36. The highest BCUT2D eigenvalue weighted by molar-refractivity contribution is 6.06. The summed E-state index contributed by atoms with van der Waals surface area (Å²) in [5.41, 5.74) is 1.61. The van der Waals surface area contributed by atoms with Gasteiger partial charge in [-0.15, -0.1) is 0 Å². The normalized spacial score (nSPS) is 11.3. The quantitative estimate of drug-likeness (QED) is 0.711. The molecule has 1 heterocycles. The van der Waals surface area contributed by atoms with Crippen LogP contribution in [0.4, 0.5) is 0 Å². The van der Waals surface area contributed by atoms with E-state index in [4.69, 9.17) is 9.63 Å². The van der Waals surface area contributed by atoms with Gasteiger partial charge in [-0.25, -0.2) is 0 Å². The van der Waals surface area contributed by atoms with Crippen LogP contribution in [0.5, 0.6) is 0 Å². The average Bonchev–Trinajstić information content (AvgIpc) is 2.73. The zero-order valence-corrected chi connectivity index (χ0v) is 8.68. The summed E-state index contributed by atoms with van der Waals surface area (Å²) in [6.07, 6.45) is 0.529. The molecule has 80 valence electrons. The van der Waals surface area contributed by atoms with E-state index in [2.05, 4.69) is 17.3 Å². The lowest BCUT2D eigenvalue weighted by Gasteiger charge is -1.99. The third-order valence-corrected chi connectivity index (χ3v) is 2.78. The fourth-order valence-electron chi connectivity index (χ4n) is 2.05. The number of aromatic nitrogens is 1. The maximum atomic E-state index is 8.99. The summed E-state index contributed by atoms with van der Waals surface area (Å²) in [5, 5.41) is 16.3. The van der Waals surface area contributed by atoms with Crippen LogP contribution >= 0.6 is 0 Å². The fourth-order valence-corrected chi connectivity index (χ4v) is 2.05. The Balaban J connectivity index is 2.42. The van der Waals surface area contributed by atoms with Crippen LogP contribution < -0.4 is 0 Å². The molecule has 0 aliphatic heterocycles. The van der Waals surface area contributed by atoms with Gasteiger partial charge in [-0.2, -0.15) is 0 Å². The Morgan fingerprint density at radius 3 is 2.88 bits per heavy atom. The predicted octanol–water partition coefficient (Wildman–Crippen LogP) is 2.52. The molecular weight excluding hydrogens is 202 g/mol. The summed E-state index contributed by atoms with van der Waals surface area (Å²) in [6, 6.07) is 12.1. The summed E-state index contributed by atoms with van der Waals surface area (Å²) >= 11 is 0. The van der Waals surface area contributed by atoms with Crippen LogP contribution in [0.25, 0.3) is 21.7 Å². The lowest BCUT2D eigenvalue weighted by molar-refractivity contribution is 0.295. The molecule has 1 N–H and O–H groups in total. The monoisotopic (exact) mass is 213 g/mol. The first-order valence-electron chi connectivity index (χ1n) is 5.27. The number of hydrogen-bond acceptors (Lipinski definition) is 3. The molecule has 1 aromatic heterocycles. The number of hydrogen-bond donors (Lipinski definition) is 1.